The summed E-state index contributed by atoms with van der Waals surface area (Å²) in [6.07, 6.45) is 4.83. The quantitative estimate of drug-likeness (QED) is 0.905. The molecule has 0 aromatic carbocycles. The Bertz CT molecular complexity index is 702. The molecule has 0 spiro atoms. The summed E-state index contributed by atoms with van der Waals surface area (Å²) in [6.45, 7) is 1.48. The van der Waals surface area contributed by atoms with Gasteiger partial charge in [-0.2, -0.15) is 5.10 Å². The monoisotopic (exact) mass is 351 g/mol. The smallest absolute Gasteiger partial charge is 0.263 e. The van der Waals surface area contributed by atoms with Crippen molar-refractivity contribution in [2.24, 2.45) is 11.8 Å². The number of carbonyl (C=O) groups excluding carboxylic acids is 1. The van der Waals surface area contributed by atoms with Gasteiger partial charge < -0.3 is 10.0 Å². The van der Waals surface area contributed by atoms with Gasteiger partial charge in [0.2, 0.25) is 0 Å². The molecular formula is C16H18ClN3O2S. The van der Waals surface area contributed by atoms with Crippen LogP contribution in [0.15, 0.2) is 30.6 Å². The lowest BCUT2D eigenvalue weighted by molar-refractivity contribution is 0.0306. The van der Waals surface area contributed by atoms with Crippen LogP contribution in [0.3, 0.4) is 0 Å². The molecule has 1 amide bonds. The minimum absolute atomic E-state index is 0.0116. The van der Waals surface area contributed by atoms with Crippen LogP contribution < -0.4 is 0 Å². The van der Waals surface area contributed by atoms with Crippen LogP contribution in [0.25, 0.3) is 0 Å². The van der Waals surface area contributed by atoms with E-state index < -0.39 is 6.10 Å². The van der Waals surface area contributed by atoms with Crippen LogP contribution in [-0.2, 0) is 0 Å². The molecule has 0 bridgehead atoms. The van der Waals surface area contributed by atoms with Crippen LogP contribution in [0.2, 0.25) is 4.34 Å². The highest BCUT2D eigenvalue weighted by Gasteiger charge is 2.43. The van der Waals surface area contributed by atoms with E-state index in [4.69, 9.17) is 11.6 Å². The van der Waals surface area contributed by atoms with E-state index in [-0.39, 0.29) is 11.9 Å². The van der Waals surface area contributed by atoms with Gasteiger partial charge in [-0.25, -0.2) is 0 Å². The first-order chi connectivity index (χ1) is 11.1. The Kier molecular flexibility index (Phi) is 3.91. The molecule has 4 rings (SSSR count). The summed E-state index contributed by atoms with van der Waals surface area (Å²) in [4.78, 5) is 15.2. The van der Waals surface area contributed by atoms with Crippen molar-refractivity contribution < 1.29 is 9.90 Å². The van der Waals surface area contributed by atoms with Gasteiger partial charge in [0.05, 0.1) is 21.4 Å². The zero-order valence-electron chi connectivity index (χ0n) is 12.5. The van der Waals surface area contributed by atoms with Crippen LogP contribution in [0.5, 0.6) is 0 Å². The van der Waals surface area contributed by atoms with Crippen LogP contribution in [0.1, 0.15) is 28.6 Å². The molecule has 1 saturated heterocycles. The fourth-order valence-corrected chi connectivity index (χ4v) is 4.93. The first-order valence-corrected chi connectivity index (χ1v) is 9.03. The van der Waals surface area contributed by atoms with Crippen molar-refractivity contribution in [2.45, 2.75) is 25.0 Å². The molecule has 4 atom stereocenters. The predicted octanol–water partition coefficient (Wildman–Crippen LogP) is 2.68. The number of nitrogens with zero attached hydrogens (tertiary/aromatic N) is 3. The van der Waals surface area contributed by atoms with Crippen molar-refractivity contribution in [1.82, 2.24) is 14.7 Å². The maximum absolute atomic E-state index is 12.6. The average Bonchev–Trinajstić information content (AvgIpc) is 3.25. The summed E-state index contributed by atoms with van der Waals surface area (Å²) in [5.74, 6) is 0.851. The standard InChI is InChI=1S/C16H18ClN3O2S/c17-15-3-2-14(23-15)16(22)19-8-10-6-12(20-5-1-4-18-20)13(21)7-11(10)9-19/h1-5,10-13,21H,6-9H2/t10-,11+,12-,13-/m1/s1. The van der Waals surface area contributed by atoms with Gasteiger partial charge in [-0.05, 0) is 42.9 Å². The number of aliphatic hydroxyl groups excluding tert-OH is 1. The van der Waals surface area contributed by atoms with Gasteiger partial charge in [-0.3, -0.25) is 9.48 Å². The van der Waals surface area contributed by atoms with E-state index in [0.717, 1.165) is 25.9 Å². The summed E-state index contributed by atoms with van der Waals surface area (Å²) < 4.78 is 2.49. The number of hydrogen-bond donors (Lipinski definition) is 1. The van der Waals surface area contributed by atoms with E-state index >= 15 is 0 Å². The molecule has 1 aliphatic heterocycles. The molecule has 2 fully saturated rings. The lowest BCUT2D eigenvalue weighted by Gasteiger charge is -2.35. The van der Waals surface area contributed by atoms with Crippen molar-refractivity contribution >= 4 is 28.8 Å². The molecule has 7 heteroatoms. The molecule has 0 radical (unpaired) electrons. The second kappa shape index (κ2) is 5.92. The molecule has 1 saturated carbocycles. The van der Waals surface area contributed by atoms with Gasteiger partial charge in [-0.1, -0.05) is 11.6 Å². The highest BCUT2D eigenvalue weighted by atomic mass is 35.5. The van der Waals surface area contributed by atoms with Crippen molar-refractivity contribution in [2.75, 3.05) is 13.1 Å². The number of hydrogen-bond acceptors (Lipinski definition) is 4. The third kappa shape index (κ3) is 2.79. The van der Waals surface area contributed by atoms with E-state index in [1.165, 1.54) is 11.3 Å². The second-order valence-corrected chi connectivity index (χ2v) is 8.14. The Morgan fingerprint density at radius 3 is 2.74 bits per heavy atom. The zero-order valence-corrected chi connectivity index (χ0v) is 14.1. The van der Waals surface area contributed by atoms with Gasteiger partial charge in [0, 0.05) is 25.5 Å². The number of carbonyl (C=O) groups is 1. The number of amides is 1. The Morgan fingerprint density at radius 2 is 2.09 bits per heavy atom. The number of likely N-dealkylation sites (tertiary alicyclic amines) is 1. The number of thiophene rings is 1. The molecule has 1 aliphatic carbocycles. The Labute approximate surface area is 143 Å². The van der Waals surface area contributed by atoms with E-state index in [0.29, 0.717) is 21.0 Å². The topological polar surface area (TPSA) is 58.4 Å². The largest absolute Gasteiger partial charge is 0.391 e. The first-order valence-electron chi connectivity index (χ1n) is 7.83. The minimum atomic E-state index is -0.401. The summed E-state index contributed by atoms with van der Waals surface area (Å²) in [5, 5.41) is 14.7. The van der Waals surface area contributed by atoms with Crippen LogP contribution >= 0.6 is 22.9 Å². The van der Waals surface area contributed by atoms with Crippen molar-refractivity contribution in [3.05, 3.63) is 39.8 Å². The van der Waals surface area contributed by atoms with E-state index in [1.54, 1.807) is 18.3 Å². The van der Waals surface area contributed by atoms with Crippen LogP contribution in [0.4, 0.5) is 0 Å². The number of halogens is 1. The van der Waals surface area contributed by atoms with E-state index in [9.17, 15) is 9.90 Å². The molecule has 1 N–H and O–H groups in total. The van der Waals surface area contributed by atoms with Gasteiger partial charge in [0.15, 0.2) is 0 Å². The van der Waals surface area contributed by atoms with Gasteiger partial charge in [-0.15, -0.1) is 11.3 Å². The lowest BCUT2D eigenvalue weighted by atomic mass is 9.77. The minimum Gasteiger partial charge on any atom is -0.391 e. The first kappa shape index (κ1) is 15.2. The summed E-state index contributed by atoms with van der Waals surface area (Å²) in [7, 11) is 0. The lowest BCUT2D eigenvalue weighted by Crippen LogP contribution is -2.36. The average molecular weight is 352 g/mol. The van der Waals surface area contributed by atoms with Gasteiger partial charge in [0.1, 0.15) is 0 Å². The summed E-state index contributed by atoms with van der Waals surface area (Å²) in [6, 6.07) is 5.44. The Morgan fingerprint density at radius 1 is 1.30 bits per heavy atom. The maximum Gasteiger partial charge on any atom is 0.263 e. The van der Waals surface area contributed by atoms with Gasteiger partial charge in [0.25, 0.3) is 5.91 Å². The summed E-state index contributed by atoms with van der Waals surface area (Å²) >= 11 is 7.26. The molecule has 2 aromatic heterocycles. The van der Waals surface area contributed by atoms with Crippen LogP contribution in [-0.4, -0.2) is 44.9 Å². The fourth-order valence-electron chi connectivity index (χ4n) is 3.92. The Hall–Kier alpha value is -1.37. The second-order valence-electron chi connectivity index (χ2n) is 6.43. The fraction of sp³-hybridized carbons (Fsp3) is 0.500. The van der Waals surface area contributed by atoms with E-state index in [1.807, 2.05) is 21.8 Å². The van der Waals surface area contributed by atoms with Gasteiger partial charge >= 0.3 is 0 Å². The number of aliphatic hydroxyl groups is 1. The predicted molar refractivity (Wildman–Crippen MR) is 88.7 cm³/mol. The third-order valence-corrected chi connectivity index (χ3v) is 6.26. The molecular weight excluding hydrogens is 334 g/mol. The van der Waals surface area contributed by atoms with E-state index in [2.05, 4.69) is 5.10 Å². The Balaban J connectivity index is 1.48. The molecule has 0 unspecified atom stereocenters. The highest BCUT2D eigenvalue weighted by molar-refractivity contribution is 7.17. The van der Waals surface area contributed by atoms with Crippen molar-refractivity contribution in [3.63, 3.8) is 0 Å². The zero-order chi connectivity index (χ0) is 16.0. The van der Waals surface area contributed by atoms with Crippen molar-refractivity contribution in [1.29, 1.82) is 0 Å². The maximum atomic E-state index is 12.6. The molecule has 122 valence electrons. The number of rotatable bonds is 2. The molecule has 2 aromatic rings. The summed E-state index contributed by atoms with van der Waals surface area (Å²) in [5.41, 5.74) is 0. The SMILES string of the molecule is O=C(c1ccc(Cl)s1)N1C[C@H]2C[C@@H](n3cccn3)[C@H](O)C[C@H]2C1. The highest BCUT2D eigenvalue weighted by Crippen LogP contribution is 2.41. The number of aromatic nitrogens is 2. The normalized spacial score (nSPS) is 30.4. The molecule has 23 heavy (non-hydrogen) atoms. The van der Waals surface area contributed by atoms with Crippen molar-refractivity contribution in [3.8, 4) is 0 Å². The molecule has 3 heterocycles. The third-order valence-electron chi connectivity index (χ3n) is 5.04. The number of fused-ring (bicyclic) bond motifs is 1. The molecule has 2 aliphatic rings. The van der Waals surface area contributed by atoms with Crippen LogP contribution in [0, 0.1) is 11.8 Å². The molecule has 5 nitrogen and oxygen atoms in total.